The van der Waals surface area contributed by atoms with Crippen molar-refractivity contribution in [2.45, 2.75) is 54.9 Å². The lowest BCUT2D eigenvalue weighted by Crippen LogP contribution is -2.29. The predicted octanol–water partition coefficient (Wildman–Crippen LogP) is 5.11. The number of nitrogens with zero attached hydrogens (tertiary/aromatic N) is 3. The summed E-state index contributed by atoms with van der Waals surface area (Å²) in [4.78, 5) is 36.3. The zero-order valence-corrected chi connectivity index (χ0v) is 25.3. The number of halogens is 1. The van der Waals surface area contributed by atoms with Gasteiger partial charge in [-0.15, -0.1) is 22.0 Å². The van der Waals surface area contributed by atoms with Crippen molar-refractivity contribution in [1.29, 1.82) is 0 Å². The number of rotatable bonds is 12. The first kappa shape index (κ1) is 29.9. The summed E-state index contributed by atoms with van der Waals surface area (Å²) in [6.45, 7) is -0.136. The van der Waals surface area contributed by atoms with E-state index in [0.29, 0.717) is 28.9 Å². The number of nitrogens with one attached hydrogen (secondary N) is 1. The largest absolute Gasteiger partial charge is 0.493 e. The number of hydrogen-bond donors (Lipinski definition) is 1. The van der Waals surface area contributed by atoms with Gasteiger partial charge in [0.05, 0.1) is 50.5 Å². The number of thioether (sulfide) groups is 1. The van der Waals surface area contributed by atoms with Crippen LogP contribution in [0.15, 0.2) is 36.4 Å². The highest BCUT2D eigenvalue weighted by molar-refractivity contribution is 8.00. The van der Waals surface area contributed by atoms with Gasteiger partial charge in [-0.25, -0.2) is 0 Å². The number of methoxy groups -OCH3 is 3. The molecule has 0 bridgehead atoms. The van der Waals surface area contributed by atoms with Crippen LogP contribution in [0.5, 0.6) is 11.5 Å². The fraction of sp³-hybridized carbons (Fsp3) is 0.433. The van der Waals surface area contributed by atoms with Crippen LogP contribution >= 0.6 is 23.4 Å². The Bertz CT molecular complexity index is 1490. The minimum atomic E-state index is -0.459. The molecule has 0 unspecified atom stereocenters. The molecule has 2 aromatic carbocycles. The Labute approximate surface area is 253 Å². The van der Waals surface area contributed by atoms with Gasteiger partial charge in [0, 0.05) is 29.3 Å². The Kier molecular flexibility index (Phi) is 9.37. The molecule has 3 aromatic rings. The minimum Gasteiger partial charge on any atom is -0.493 e. The van der Waals surface area contributed by atoms with E-state index in [9.17, 15) is 14.4 Å². The first-order chi connectivity index (χ1) is 20.3. The van der Waals surface area contributed by atoms with Crippen molar-refractivity contribution in [2.24, 2.45) is 0 Å². The highest BCUT2D eigenvalue weighted by Gasteiger charge is 2.38. The lowest BCUT2D eigenvalue weighted by atomic mass is 10.0. The van der Waals surface area contributed by atoms with Gasteiger partial charge in [0.15, 0.2) is 23.1 Å². The van der Waals surface area contributed by atoms with Gasteiger partial charge in [0.25, 0.3) is 0 Å². The SMILES string of the molecule is COC(=O)CCC(=O)CNC(=O)CC[C@@H]1S[C@@H](c2cccc(OC)c2OC)c2cc(Cl)ccc2-n2c(C3CC3)nnc21. The highest BCUT2D eigenvalue weighted by atomic mass is 35.5. The number of amides is 1. The van der Waals surface area contributed by atoms with Crippen LogP contribution in [0.3, 0.4) is 0 Å². The van der Waals surface area contributed by atoms with Crippen LogP contribution in [0.4, 0.5) is 0 Å². The normalized spacial score (nSPS) is 17.4. The summed E-state index contributed by atoms with van der Waals surface area (Å²) in [6.07, 6.45) is 2.75. The molecule has 1 aliphatic carbocycles. The third kappa shape index (κ3) is 6.42. The lowest BCUT2D eigenvalue weighted by Gasteiger charge is -2.24. The van der Waals surface area contributed by atoms with Crippen LogP contribution in [0.1, 0.15) is 77.7 Å². The predicted molar refractivity (Wildman–Crippen MR) is 159 cm³/mol. The first-order valence-electron chi connectivity index (χ1n) is 13.8. The zero-order valence-electron chi connectivity index (χ0n) is 23.7. The van der Waals surface area contributed by atoms with Crippen LogP contribution in [0, 0.1) is 0 Å². The molecule has 42 heavy (non-hydrogen) atoms. The van der Waals surface area contributed by atoms with Gasteiger partial charge >= 0.3 is 5.97 Å². The summed E-state index contributed by atoms with van der Waals surface area (Å²) in [5.74, 6) is 2.33. The second-order valence-electron chi connectivity index (χ2n) is 10.2. The topological polar surface area (TPSA) is 122 Å². The molecule has 2 atom stereocenters. The van der Waals surface area contributed by atoms with E-state index in [-0.39, 0.29) is 48.0 Å². The molecule has 1 aromatic heterocycles. The Morgan fingerprint density at radius 2 is 1.79 bits per heavy atom. The second kappa shape index (κ2) is 13.2. The Morgan fingerprint density at radius 1 is 1.00 bits per heavy atom. The summed E-state index contributed by atoms with van der Waals surface area (Å²) in [7, 11) is 4.50. The maximum atomic E-state index is 12.8. The molecule has 1 saturated carbocycles. The summed E-state index contributed by atoms with van der Waals surface area (Å²) in [6, 6.07) is 11.7. The molecule has 0 saturated heterocycles. The summed E-state index contributed by atoms with van der Waals surface area (Å²) in [5, 5.41) is 12.1. The van der Waals surface area contributed by atoms with Gasteiger partial charge in [-0.1, -0.05) is 23.7 Å². The molecule has 12 heteroatoms. The number of ketones is 1. The maximum Gasteiger partial charge on any atom is 0.305 e. The van der Waals surface area contributed by atoms with Crippen LogP contribution in [-0.2, 0) is 19.1 Å². The van der Waals surface area contributed by atoms with Crippen LogP contribution in [-0.4, -0.2) is 60.3 Å². The van der Waals surface area contributed by atoms with E-state index < -0.39 is 5.97 Å². The molecule has 0 radical (unpaired) electrons. The van der Waals surface area contributed by atoms with Crippen molar-refractivity contribution >= 4 is 41.0 Å². The number of fused-ring (bicyclic) bond motifs is 3. The molecule has 1 N–H and O–H groups in total. The van der Waals surface area contributed by atoms with E-state index in [2.05, 4.69) is 24.8 Å². The average Bonchev–Trinajstić information content (AvgIpc) is 3.78. The molecular formula is C30H33ClN4O6S. The van der Waals surface area contributed by atoms with E-state index in [4.69, 9.17) is 21.1 Å². The van der Waals surface area contributed by atoms with E-state index in [1.165, 1.54) is 7.11 Å². The quantitative estimate of drug-likeness (QED) is 0.278. The van der Waals surface area contributed by atoms with Gasteiger partial charge in [-0.2, -0.15) is 0 Å². The van der Waals surface area contributed by atoms with Crippen molar-refractivity contribution < 1.29 is 28.6 Å². The highest BCUT2D eigenvalue weighted by Crippen LogP contribution is 2.55. The number of carbonyl (C=O) groups excluding carboxylic acids is 3. The molecule has 5 rings (SSSR count). The van der Waals surface area contributed by atoms with E-state index in [1.54, 1.807) is 26.0 Å². The van der Waals surface area contributed by atoms with Crippen LogP contribution in [0.2, 0.25) is 5.02 Å². The molecule has 10 nitrogen and oxygen atoms in total. The second-order valence-corrected chi connectivity index (χ2v) is 12.0. The number of esters is 1. The fourth-order valence-electron chi connectivity index (χ4n) is 5.14. The van der Waals surface area contributed by atoms with Gasteiger partial charge in [0.1, 0.15) is 5.82 Å². The number of para-hydroxylation sites is 1. The van der Waals surface area contributed by atoms with E-state index in [0.717, 1.165) is 41.3 Å². The van der Waals surface area contributed by atoms with Crippen LogP contribution in [0.25, 0.3) is 5.69 Å². The Balaban J connectivity index is 1.45. The monoisotopic (exact) mass is 612 g/mol. The number of benzene rings is 2. The number of hydrogen-bond acceptors (Lipinski definition) is 9. The standard InChI is InChI=1S/C30H33ClN4O6S/c1-39-23-6-4-5-20(27(23)41-3)28-21-15-18(31)9-11-22(21)35-29(17-7-8-17)33-34-30(35)24(42-28)12-13-25(37)32-16-19(36)10-14-26(38)40-2/h4-6,9,11,15,17,24,28H,7-8,10,12-14,16H2,1-3H3,(H,32,37)/t24-,28-/m0/s1. The number of Topliss-reactive ketones (excluding diaryl/α,β-unsaturated/α-hetero) is 1. The van der Waals surface area contributed by atoms with Gasteiger partial charge in [-0.05, 0) is 49.1 Å². The Hall–Kier alpha value is -3.57. The number of ether oxygens (including phenoxy) is 3. The fourth-order valence-corrected chi connectivity index (χ4v) is 6.85. The lowest BCUT2D eigenvalue weighted by molar-refractivity contribution is -0.141. The van der Waals surface area contributed by atoms with Gasteiger partial charge in [-0.3, -0.25) is 19.0 Å². The van der Waals surface area contributed by atoms with E-state index >= 15 is 0 Å². The van der Waals surface area contributed by atoms with Crippen LogP contribution < -0.4 is 14.8 Å². The van der Waals surface area contributed by atoms with Crippen molar-refractivity contribution in [1.82, 2.24) is 20.1 Å². The van der Waals surface area contributed by atoms with Gasteiger partial charge in [0.2, 0.25) is 5.91 Å². The van der Waals surface area contributed by atoms with E-state index in [1.807, 2.05) is 36.4 Å². The molecular weight excluding hydrogens is 580 g/mol. The van der Waals surface area contributed by atoms with Crippen molar-refractivity contribution in [3.8, 4) is 17.2 Å². The third-order valence-corrected chi connectivity index (χ3v) is 9.21. The Morgan fingerprint density at radius 3 is 2.50 bits per heavy atom. The maximum absolute atomic E-state index is 12.8. The minimum absolute atomic E-state index is 0.0113. The van der Waals surface area contributed by atoms with Crippen molar-refractivity contribution in [2.75, 3.05) is 27.9 Å². The van der Waals surface area contributed by atoms with Crippen molar-refractivity contribution in [3.63, 3.8) is 0 Å². The molecule has 1 amide bonds. The molecule has 0 spiro atoms. The summed E-state index contributed by atoms with van der Waals surface area (Å²) in [5.41, 5.74) is 2.86. The number of aromatic nitrogens is 3. The van der Waals surface area contributed by atoms with Gasteiger partial charge < -0.3 is 19.5 Å². The summed E-state index contributed by atoms with van der Waals surface area (Å²) >= 11 is 8.22. The molecule has 222 valence electrons. The smallest absolute Gasteiger partial charge is 0.305 e. The third-order valence-electron chi connectivity index (χ3n) is 7.42. The molecule has 2 heterocycles. The number of carbonyl (C=O) groups is 3. The average molecular weight is 613 g/mol. The molecule has 1 aliphatic heterocycles. The first-order valence-corrected chi connectivity index (χ1v) is 15.1. The molecule has 1 fully saturated rings. The van der Waals surface area contributed by atoms with Crippen molar-refractivity contribution in [3.05, 3.63) is 64.2 Å². The zero-order chi connectivity index (χ0) is 29.8. The molecule has 2 aliphatic rings. The summed E-state index contributed by atoms with van der Waals surface area (Å²) < 4.78 is 18.2.